The number of anilines is 1. The zero-order valence-corrected chi connectivity index (χ0v) is 17.0. The van der Waals surface area contributed by atoms with E-state index in [1.807, 2.05) is 6.92 Å². The Kier molecular flexibility index (Phi) is 6.05. The van der Waals surface area contributed by atoms with Gasteiger partial charge in [0.25, 0.3) is 11.8 Å². The lowest BCUT2D eigenvalue weighted by Crippen LogP contribution is -2.54. The van der Waals surface area contributed by atoms with Gasteiger partial charge in [0, 0.05) is 0 Å². The van der Waals surface area contributed by atoms with Crippen LogP contribution in [0.3, 0.4) is 0 Å². The summed E-state index contributed by atoms with van der Waals surface area (Å²) in [5.74, 6) is -2.32. The van der Waals surface area contributed by atoms with Crippen LogP contribution < -0.4 is 19.7 Å². The summed E-state index contributed by atoms with van der Waals surface area (Å²) in [7, 11) is 1.38. The van der Waals surface area contributed by atoms with Crippen LogP contribution in [0.5, 0.6) is 11.5 Å². The van der Waals surface area contributed by atoms with E-state index in [0.29, 0.717) is 11.3 Å². The molecular weight excluding hydrogens is 404 g/mol. The van der Waals surface area contributed by atoms with Crippen molar-refractivity contribution in [3.8, 4) is 11.5 Å². The van der Waals surface area contributed by atoms with Gasteiger partial charge in [0.15, 0.2) is 17.6 Å². The average molecular weight is 424 g/mol. The second-order valence-electron chi connectivity index (χ2n) is 6.80. The standard InChI is InChI=1S/C22H20N2O7/c1-12-4-7-15(8-5-12)24-20(26)16(19(25)23-22(24)29)10-14-6-9-17(18(11-14)30-3)31-13(2)21(27)28/h4-11,13H,1-3H3,(H,27,28)(H,23,25,29)/b16-10+/t13-/m1/s1. The Balaban J connectivity index is 1.94. The van der Waals surface area contributed by atoms with E-state index in [0.717, 1.165) is 10.5 Å². The van der Waals surface area contributed by atoms with Crippen LogP contribution in [0.15, 0.2) is 48.0 Å². The molecule has 0 aromatic heterocycles. The number of urea groups is 1. The smallest absolute Gasteiger partial charge is 0.344 e. The van der Waals surface area contributed by atoms with Crippen LogP contribution in [-0.4, -0.2) is 42.1 Å². The fraction of sp³-hybridized carbons (Fsp3) is 0.182. The first-order valence-electron chi connectivity index (χ1n) is 9.27. The highest BCUT2D eigenvalue weighted by molar-refractivity contribution is 6.39. The normalized spacial score (nSPS) is 16.2. The molecule has 1 aliphatic heterocycles. The summed E-state index contributed by atoms with van der Waals surface area (Å²) >= 11 is 0. The van der Waals surface area contributed by atoms with E-state index in [-0.39, 0.29) is 17.1 Å². The lowest BCUT2D eigenvalue weighted by molar-refractivity contribution is -0.144. The summed E-state index contributed by atoms with van der Waals surface area (Å²) in [6.07, 6.45) is 0.218. The molecule has 4 amide bonds. The maximum Gasteiger partial charge on any atom is 0.344 e. The topological polar surface area (TPSA) is 122 Å². The molecule has 1 aliphatic rings. The number of aryl methyl sites for hydroxylation is 1. The number of methoxy groups -OCH3 is 1. The Hall–Kier alpha value is -4.14. The molecule has 1 fully saturated rings. The Bertz CT molecular complexity index is 1090. The molecule has 0 spiro atoms. The number of nitrogens with zero attached hydrogens (tertiary/aromatic N) is 1. The number of ether oxygens (including phenoxy) is 2. The first-order valence-corrected chi connectivity index (χ1v) is 9.27. The van der Waals surface area contributed by atoms with Crippen molar-refractivity contribution in [3.05, 3.63) is 59.2 Å². The van der Waals surface area contributed by atoms with E-state index in [2.05, 4.69) is 5.32 Å². The Morgan fingerprint density at radius 3 is 2.39 bits per heavy atom. The van der Waals surface area contributed by atoms with Gasteiger partial charge in [-0.3, -0.25) is 14.9 Å². The van der Waals surface area contributed by atoms with Crippen LogP contribution >= 0.6 is 0 Å². The number of hydrogen-bond acceptors (Lipinski definition) is 6. The molecule has 9 heteroatoms. The first-order chi connectivity index (χ1) is 14.7. The molecule has 3 rings (SSSR count). The number of benzene rings is 2. The zero-order valence-electron chi connectivity index (χ0n) is 17.0. The number of carboxylic acid groups (broad SMARTS) is 1. The molecular formula is C22H20N2O7. The third-order valence-corrected chi connectivity index (χ3v) is 4.54. The summed E-state index contributed by atoms with van der Waals surface area (Å²) in [5.41, 5.74) is 1.46. The minimum Gasteiger partial charge on any atom is -0.493 e. The molecule has 0 unspecified atom stereocenters. The van der Waals surface area contributed by atoms with Gasteiger partial charge in [0.1, 0.15) is 5.57 Å². The molecule has 160 valence electrons. The highest BCUT2D eigenvalue weighted by Gasteiger charge is 2.36. The van der Waals surface area contributed by atoms with Crippen LogP contribution in [0, 0.1) is 6.92 Å². The quantitative estimate of drug-likeness (QED) is 0.540. The Morgan fingerprint density at radius 1 is 1.10 bits per heavy atom. The van der Waals surface area contributed by atoms with Gasteiger partial charge in [-0.25, -0.2) is 14.5 Å². The van der Waals surface area contributed by atoms with Crippen molar-refractivity contribution in [3.63, 3.8) is 0 Å². The van der Waals surface area contributed by atoms with E-state index in [4.69, 9.17) is 14.6 Å². The summed E-state index contributed by atoms with van der Waals surface area (Å²) in [5, 5.41) is 11.2. The van der Waals surface area contributed by atoms with Crippen LogP contribution in [0.4, 0.5) is 10.5 Å². The van der Waals surface area contributed by atoms with Crippen molar-refractivity contribution in [1.82, 2.24) is 5.32 Å². The molecule has 9 nitrogen and oxygen atoms in total. The third-order valence-electron chi connectivity index (χ3n) is 4.54. The summed E-state index contributed by atoms with van der Waals surface area (Å²) in [6, 6.07) is 10.4. The highest BCUT2D eigenvalue weighted by atomic mass is 16.5. The van der Waals surface area contributed by atoms with Crippen molar-refractivity contribution >= 4 is 35.6 Å². The second kappa shape index (κ2) is 8.70. The van der Waals surface area contributed by atoms with E-state index < -0.39 is 29.9 Å². The highest BCUT2D eigenvalue weighted by Crippen LogP contribution is 2.30. The molecule has 0 aliphatic carbocycles. The van der Waals surface area contributed by atoms with Gasteiger partial charge in [0.05, 0.1) is 12.8 Å². The molecule has 1 saturated heterocycles. The second-order valence-corrected chi connectivity index (χ2v) is 6.80. The maximum absolute atomic E-state index is 12.9. The fourth-order valence-electron chi connectivity index (χ4n) is 2.86. The number of barbiturate groups is 1. The molecule has 0 bridgehead atoms. The predicted octanol–water partition coefficient (Wildman–Crippen LogP) is 2.52. The monoisotopic (exact) mass is 424 g/mol. The van der Waals surface area contributed by atoms with Crippen molar-refractivity contribution in [2.24, 2.45) is 0 Å². The number of hydrogen-bond donors (Lipinski definition) is 2. The molecule has 31 heavy (non-hydrogen) atoms. The molecule has 0 radical (unpaired) electrons. The number of nitrogens with one attached hydrogen (secondary N) is 1. The van der Waals surface area contributed by atoms with Crippen LogP contribution in [0.1, 0.15) is 18.1 Å². The van der Waals surface area contributed by atoms with Gasteiger partial charge in [-0.1, -0.05) is 23.8 Å². The molecule has 2 aromatic rings. The average Bonchev–Trinajstić information content (AvgIpc) is 2.73. The number of aliphatic carboxylic acids is 1. The van der Waals surface area contributed by atoms with Crippen molar-refractivity contribution < 1.29 is 33.8 Å². The number of carbonyl (C=O) groups excluding carboxylic acids is 3. The molecule has 1 heterocycles. The zero-order chi connectivity index (χ0) is 22.7. The lowest BCUT2D eigenvalue weighted by Gasteiger charge is -2.26. The number of carbonyl (C=O) groups is 4. The third kappa shape index (κ3) is 4.55. The van der Waals surface area contributed by atoms with Crippen LogP contribution in [0.2, 0.25) is 0 Å². The van der Waals surface area contributed by atoms with E-state index in [9.17, 15) is 19.2 Å². The van der Waals surface area contributed by atoms with Gasteiger partial charge in [-0.2, -0.15) is 0 Å². The number of amides is 4. The van der Waals surface area contributed by atoms with Crippen molar-refractivity contribution in [2.45, 2.75) is 20.0 Å². The fourth-order valence-corrected chi connectivity index (χ4v) is 2.86. The van der Waals surface area contributed by atoms with Crippen molar-refractivity contribution in [2.75, 3.05) is 12.0 Å². The predicted molar refractivity (Wildman–Crippen MR) is 111 cm³/mol. The Labute approximate surface area is 177 Å². The lowest BCUT2D eigenvalue weighted by atomic mass is 10.1. The van der Waals surface area contributed by atoms with Gasteiger partial charge in [-0.15, -0.1) is 0 Å². The minimum absolute atomic E-state index is 0.190. The first kappa shape index (κ1) is 21.6. The van der Waals surface area contributed by atoms with Crippen molar-refractivity contribution in [1.29, 1.82) is 0 Å². The SMILES string of the molecule is COc1cc(/C=C2\C(=O)NC(=O)N(c3ccc(C)cc3)C2=O)ccc1O[C@H](C)C(=O)O. The maximum atomic E-state index is 12.9. The summed E-state index contributed by atoms with van der Waals surface area (Å²) < 4.78 is 10.6. The number of rotatable bonds is 6. The molecule has 1 atom stereocenters. The summed E-state index contributed by atoms with van der Waals surface area (Å²) in [4.78, 5) is 49.4. The van der Waals surface area contributed by atoms with Crippen LogP contribution in [-0.2, 0) is 14.4 Å². The summed E-state index contributed by atoms with van der Waals surface area (Å²) in [6.45, 7) is 3.24. The minimum atomic E-state index is -1.14. The number of carboxylic acids is 1. The van der Waals surface area contributed by atoms with E-state index >= 15 is 0 Å². The van der Waals surface area contributed by atoms with Gasteiger partial charge in [0.2, 0.25) is 0 Å². The Morgan fingerprint density at radius 2 is 1.77 bits per heavy atom. The van der Waals surface area contributed by atoms with Gasteiger partial charge >= 0.3 is 12.0 Å². The largest absolute Gasteiger partial charge is 0.493 e. The number of imide groups is 2. The molecule has 2 N–H and O–H groups in total. The van der Waals surface area contributed by atoms with Gasteiger partial charge in [-0.05, 0) is 49.8 Å². The van der Waals surface area contributed by atoms with E-state index in [1.165, 1.54) is 38.3 Å². The molecule has 2 aromatic carbocycles. The van der Waals surface area contributed by atoms with Crippen LogP contribution in [0.25, 0.3) is 6.08 Å². The van der Waals surface area contributed by atoms with Gasteiger partial charge < -0.3 is 14.6 Å². The molecule has 0 saturated carbocycles. The van der Waals surface area contributed by atoms with E-state index in [1.54, 1.807) is 24.3 Å².